The van der Waals surface area contributed by atoms with E-state index in [-0.39, 0.29) is 36.8 Å². The third kappa shape index (κ3) is 7.58. The van der Waals surface area contributed by atoms with E-state index in [9.17, 15) is 24.3 Å². The number of aliphatic carboxylic acids is 1. The van der Waals surface area contributed by atoms with Crippen LogP contribution in [0.15, 0.2) is 48.9 Å². The molecule has 1 fully saturated rings. The van der Waals surface area contributed by atoms with E-state index >= 15 is 0 Å². The number of carboxylic acid groups (broad SMARTS) is 1. The van der Waals surface area contributed by atoms with Crippen LogP contribution in [0.25, 0.3) is 0 Å². The summed E-state index contributed by atoms with van der Waals surface area (Å²) in [5.41, 5.74) is 0.956. The monoisotopic (exact) mass is 498 g/mol. The lowest BCUT2D eigenvalue weighted by atomic mass is 9.80. The summed E-state index contributed by atoms with van der Waals surface area (Å²) in [5, 5.41) is 23.9. The number of aromatic nitrogens is 2. The fraction of sp³-hybridized carbons (Fsp3) is 0.391. The molecule has 0 bridgehead atoms. The third-order valence-electron chi connectivity index (χ3n) is 5.54. The van der Waals surface area contributed by atoms with Crippen molar-refractivity contribution < 1.29 is 38.7 Å². The molecule has 1 saturated heterocycles. The van der Waals surface area contributed by atoms with Crippen LogP contribution in [0.5, 0.6) is 0 Å². The van der Waals surface area contributed by atoms with Crippen molar-refractivity contribution in [2.24, 2.45) is 5.92 Å². The van der Waals surface area contributed by atoms with E-state index in [2.05, 4.69) is 20.6 Å². The van der Waals surface area contributed by atoms with Crippen LogP contribution < -0.4 is 10.6 Å². The Kier molecular flexibility index (Phi) is 9.48. The van der Waals surface area contributed by atoms with Crippen LogP contribution in [0.4, 0.5) is 0 Å². The molecule has 0 unspecified atom stereocenters. The highest BCUT2D eigenvalue weighted by atomic mass is 16.7. The van der Waals surface area contributed by atoms with Gasteiger partial charge in [-0.15, -0.1) is 0 Å². The molecule has 36 heavy (non-hydrogen) atoms. The first-order chi connectivity index (χ1) is 17.2. The maximum Gasteiger partial charge on any atom is 0.528 e. The maximum absolute atomic E-state index is 13.0. The Morgan fingerprint density at radius 2 is 1.94 bits per heavy atom. The molecule has 1 aliphatic heterocycles. The van der Waals surface area contributed by atoms with Gasteiger partial charge in [0, 0.05) is 25.4 Å². The van der Waals surface area contributed by atoms with Crippen LogP contribution in [-0.4, -0.2) is 75.8 Å². The Labute approximate surface area is 207 Å². The van der Waals surface area contributed by atoms with Crippen molar-refractivity contribution in [3.63, 3.8) is 0 Å². The molecular weight excluding hydrogens is 471 g/mol. The van der Waals surface area contributed by atoms with Gasteiger partial charge < -0.3 is 30.2 Å². The Morgan fingerprint density at radius 3 is 2.61 bits per heavy atom. The minimum Gasteiger partial charge on any atom is -0.507 e. The van der Waals surface area contributed by atoms with Crippen molar-refractivity contribution in [2.75, 3.05) is 6.54 Å². The zero-order valence-electron chi connectivity index (χ0n) is 19.6. The summed E-state index contributed by atoms with van der Waals surface area (Å²) < 4.78 is 10.2. The molecule has 0 aliphatic carbocycles. The van der Waals surface area contributed by atoms with E-state index in [4.69, 9.17) is 14.4 Å². The molecular formula is C23H27BN4O8. The van der Waals surface area contributed by atoms with Crippen LogP contribution in [0.2, 0.25) is 6.32 Å². The number of carboxylic acids is 1. The van der Waals surface area contributed by atoms with E-state index in [0.717, 1.165) is 5.56 Å². The van der Waals surface area contributed by atoms with Crippen molar-refractivity contribution in [1.29, 1.82) is 0 Å². The summed E-state index contributed by atoms with van der Waals surface area (Å²) in [6.07, 6.45) is 1.57. The molecule has 2 aromatic rings. The molecule has 2 amide bonds. The number of aliphatic hydroxyl groups excluding tert-OH is 1. The van der Waals surface area contributed by atoms with Crippen molar-refractivity contribution in [2.45, 2.75) is 44.3 Å². The molecule has 1 aromatic carbocycles. The molecule has 1 aromatic heterocycles. The molecule has 0 spiro atoms. The lowest BCUT2D eigenvalue weighted by Crippen LogP contribution is -2.49. The SMILES string of the molecule is C[C@H](CCB1OC(=O)[C@H]([C@H](O)C(=O)O)O1)CNC(=O)[C@H](Cc1ccccc1)NC(=O)c1cnccn1. The number of nitrogens with zero attached hydrogens (tertiary/aromatic N) is 2. The van der Waals surface area contributed by atoms with E-state index in [1.54, 1.807) is 0 Å². The third-order valence-corrected chi connectivity index (χ3v) is 5.54. The molecule has 1 aliphatic rings. The number of carbonyl (C=O) groups excluding carboxylic acids is 3. The summed E-state index contributed by atoms with van der Waals surface area (Å²) in [6, 6.07) is 8.40. The minimum atomic E-state index is -2.00. The predicted molar refractivity (Wildman–Crippen MR) is 125 cm³/mol. The van der Waals surface area contributed by atoms with Crippen molar-refractivity contribution in [3.05, 3.63) is 60.2 Å². The second-order valence-corrected chi connectivity index (χ2v) is 8.44. The van der Waals surface area contributed by atoms with Crippen LogP contribution in [0.1, 0.15) is 29.4 Å². The Balaban J connectivity index is 1.52. The van der Waals surface area contributed by atoms with E-state index in [1.807, 2.05) is 37.3 Å². The van der Waals surface area contributed by atoms with E-state index in [1.165, 1.54) is 18.6 Å². The second-order valence-electron chi connectivity index (χ2n) is 8.44. The largest absolute Gasteiger partial charge is 0.528 e. The molecule has 0 saturated carbocycles. The first-order valence-corrected chi connectivity index (χ1v) is 11.4. The van der Waals surface area contributed by atoms with Crippen LogP contribution in [-0.2, 0) is 30.1 Å². The second kappa shape index (κ2) is 12.7. The Hall–Kier alpha value is -3.84. The highest BCUT2D eigenvalue weighted by Crippen LogP contribution is 2.20. The zero-order valence-corrected chi connectivity index (χ0v) is 19.6. The number of benzene rings is 1. The minimum absolute atomic E-state index is 0.0623. The molecule has 2 heterocycles. The van der Waals surface area contributed by atoms with Gasteiger partial charge in [0.25, 0.3) is 5.91 Å². The summed E-state index contributed by atoms with van der Waals surface area (Å²) in [7, 11) is -0.980. The summed E-state index contributed by atoms with van der Waals surface area (Å²) in [6.45, 7) is 2.14. The number of carbonyl (C=O) groups is 4. The fourth-order valence-electron chi connectivity index (χ4n) is 3.53. The first-order valence-electron chi connectivity index (χ1n) is 11.4. The number of amides is 2. The van der Waals surface area contributed by atoms with Gasteiger partial charge in [0.05, 0.1) is 6.20 Å². The highest BCUT2D eigenvalue weighted by molar-refractivity contribution is 6.49. The van der Waals surface area contributed by atoms with E-state index in [0.29, 0.717) is 6.42 Å². The van der Waals surface area contributed by atoms with Crippen molar-refractivity contribution in [1.82, 2.24) is 20.6 Å². The van der Waals surface area contributed by atoms with Gasteiger partial charge >= 0.3 is 19.1 Å². The normalized spacial score (nSPS) is 17.6. The molecule has 12 nitrogen and oxygen atoms in total. The number of aliphatic hydroxyl groups is 1. The van der Waals surface area contributed by atoms with Crippen LogP contribution in [0, 0.1) is 5.92 Å². The predicted octanol–water partition coefficient (Wildman–Crippen LogP) is -0.164. The van der Waals surface area contributed by atoms with Gasteiger partial charge in [-0.2, -0.15) is 0 Å². The summed E-state index contributed by atoms with van der Waals surface area (Å²) in [4.78, 5) is 56.0. The van der Waals surface area contributed by atoms with Gasteiger partial charge in [-0.1, -0.05) is 37.3 Å². The average molecular weight is 498 g/mol. The summed E-state index contributed by atoms with van der Waals surface area (Å²) in [5.74, 6) is -3.47. The smallest absolute Gasteiger partial charge is 0.507 e. The number of hydrogen-bond donors (Lipinski definition) is 4. The molecule has 190 valence electrons. The summed E-state index contributed by atoms with van der Waals surface area (Å²) >= 11 is 0. The van der Waals surface area contributed by atoms with Gasteiger partial charge in [-0.3, -0.25) is 19.4 Å². The fourth-order valence-corrected chi connectivity index (χ4v) is 3.53. The number of rotatable bonds is 12. The van der Waals surface area contributed by atoms with Gasteiger partial charge in [-0.25, -0.2) is 9.78 Å². The maximum atomic E-state index is 13.0. The number of hydrogen-bond acceptors (Lipinski definition) is 9. The van der Waals surface area contributed by atoms with Gasteiger partial charge in [0.2, 0.25) is 5.91 Å². The molecule has 4 atom stereocenters. The van der Waals surface area contributed by atoms with Crippen LogP contribution >= 0.6 is 0 Å². The highest BCUT2D eigenvalue weighted by Gasteiger charge is 2.45. The first kappa shape index (κ1) is 26.8. The van der Waals surface area contributed by atoms with Gasteiger partial charge in [0.15, 0.2) is 12.2 Å². The molecule has 13 heteroatoms. The van der Waals surface area contributed by atoms with Gasteiger partial charge in [0.1, 0.15) is 11.7 Å². The quantitative estimate of drug-likeness (QED) is 0.288. The lowest BCUT2D eigenvalue weighted by molar-refractivity contribution is -0.157. The topological polar surface area (TPSA) is 177 Å². The van der Waals surface area contributed by atoms with Crippen LogP contribution in [0.3, 0.4) is 0 Å². The van der Waals surface area contributed by atoms with E-state index < -0.39 is 43.2 Å². The van der Waals surface area contributed by atoms with Crippen molar-refractivity contribution >= 4 is 30.9 Å². The standard InChI is InChI=1S/C23H27BN4O8/c1-14(7-8-24-35-19(23(34)36-24)18(29)22(32)33)12-27-20(30)16(11-15-5-3-2-4-6-15)28-21(31)17-13-25-9-10-26-17/h2-6,9-10,13-14,16,18-19,29H,7-8,11-12H2,1H3,(H,27,30)(H,28,31)(H,32,33)/t14-,16+,18+,19+/m1/s1. The average Bonchev–Trinajstić information content (AvgIpc) is 3.26. The molecule has 3 rings (SSSR count). The number of nitrogens with one attached hydrogen (secondary N) is 2. The molecule has 0 radical (unpaired) electrons. The van der Waals surface area contributed by atoms with Gasteiger partial charge in [-0.05, 0) is 24.2 Å². The lowest BCUT2D eigenvalue weighted by Gasteiger charge is -2.20. The van der Waals surface area contributed by atoms with Crippen molar-refractivity contribution in [3.8, 4) is 0 Å². The zero-order chi connectivity index (χ0) is 26.1. The Morgan fingerprint density at radius 1 is 1.19 bits per heavy atom. The Bertz CT molecular complexity index is 1060. The molecule has 4 N–H and O–H groups in total.